The van der Waals surface area contributed by atoms with Crippen LogP contribution in [0.5, 0.6) is 5.75 Å². The third-order valence-electron chi connectivity index (χ3n) is 8.57. The van der Waals surface area contributed by atoms with Gasteiger partial charge in [0.05, 0.1) is 11.6 Å². The summed E-state index contributed by atoms with van der Waals surface area (Å²) in [5, 5.41) is 11.8. The Morgan fingerprint density at radius 1 is 0.976 bits per heavy atom. The Balaban J connectivity index is 1.16. The number of aryl methyl sites for hydroxylation is 1. The number of fused-ring (bicyclic) bond motifs is 3. The number of carbonyl (C=O) groups is 1. The zero-order valence-electron chi connectivity index (χ0n) is 24.0. The van der Waals surface area contributed by atoms with E-state index in [0.29, 0.717) is 13.2 Å². The molecule has 2 aliphatic rings. The van der Waals surface area contributed by atoms with Gasteiger partial charge in [0, 0.05) is 62.6 Å². The summed E-state index contributed by atoms with van der Waals surface area (Å²) in [6.45, 7) is 4.16. The van der Waals surface area contributed by atoms with Crippen LogP contribution in [-0.4, -0.2) is 57.6 Å². The lowest BCUT2D eigenvalue weighted by molar-refractivity contribution is -0.135. The maximum atomic E-state index is 13.8. The summed E-state index contributed by atoms with van der Waals surface area (Å²) in [4.78, 5) is 18.4. The largest absolute Gasteiger partial charge is 0.487 e. The molecule has 2 aromatic carbocycles. The van der Waals surface area contributed by atoms with Crippen LogP contribution in [-0.2, 0) is 31.0 Å². The SMILES string of the molecule is CN(C)c1ccc(-n2cccc2CN2CCC3(CCCn4cc(nn4)COc4ccccc4CNC3=O)CC2)cc1. The highest BCUT2D eigenvalue weighted by molar-refractivity contribution is 5.82. The van der Waals surface area contributed by atoms with Gasteiger partial charge >= 0.3 is 0 Å². The molecule has 1 fully saturated rings. The van der Waals surface area contributed by atoms with E-state index >= 15 is 0 Å². The van der Waals surface area contributed by atoms with E-state index in [1.165, 1.54) is 11.4 Å². The zero-order chi connectivity index (χ0) is 28.2. The van der Waals surface area contributed by atoms with Crippen LogP contribution in [0.4, 0.5) is 5.69 Å². The Morgan fingerprint density at radius 2 is 1.78 bits per heavy atom. The minimum absolute atomic E-state index is 0.146. The molecule has 41 heavy (non-hydrogen) atoms. The third-order valence-corrected chi connectivity index (χ3v) is 8.57. The maximum Gasteiger partial charge on any atom is 0.226 e. The van der Waals surface area contributed by atoms with Crippen molar-refractivity contribution >= 4 is 11.6 Å². The van der Waals surface area contributed by atoms with Crippen LogP contribution in [0, 0.1) is 5.41 Å². The molecule has 1 spiro atoms. The lowest BCUT2D eigenvalue weighted by Crippen LogP contribution is -2.48. The highest BCUT2D eigenvalue weighted by Gasteiger charge is 2.41. The minimum atomic E-state index is -0.399. The van der Waals surface area contributed by atoms with Crippen LogP contribution < -0.4 is 15.0 Å². The number of amides is 1. The number of anilines is 1. The van der Waals surface area contributed by atoms with Crippen molar-refractivity contribution in [2.24, 2.45) is 5.41 Å². The molecule has 9 heteroatoms. The molecule has 6 rings (SSSR count). The first-order valence-electron chi connectivity index (χ1n) is 14.5. The number of ether oxygens (including phenoxy) is 1. The van der Waals surface area contributed by atoms with Gasteiger partial charge in [-0.1, -0.05) is 23.4 Å². The van der Waals surface area contributed by atoms with Gasteiger partial charge in [0.2, 0.25) is 5.91 Å². The van der Waals surface area contributed by atoms with E-state index in [1.54, 1.807) is 0 Å². The molecule has 1 saturated heterocycles. The fourth-order valence-corrected chi connectivity index (χ4v) is 6.07. The number of hydrogen-bond acceptors (Lipinski definition) is 6. The van der Waals surface area contributed by atoms with Crippen molar-refractivity contribution in [3.8, 4) is 11.4 Å². The number of para-hydroxylation sites is 1. The van der Waals surface area contributed by atoms with E-state index in [-0.39, 0.29) is 5.91 Å². The van der Waals surface area contributed by atoms with Crippen molar-refractivity contribution in [2.75, 3.05) is 32.1 Å². The highest BCUT2D eigenvalue weighted by atomic mass is 16.5. The van der Waals surface area contributed by atoms with E-state index in [4.69, 9.17) is 4.74 Å². The molecule has 4 heterocycles. The Hall–Kier alpha value is -4.11. The molecule has 0 saturated carbocycles. The second kappa shape index (κ2) is 11.8. The first kappa shape index (κ1) is 27.1. The topological polar surface area (TPSA) is 80.5 Å². The first-order valence-corrected chi connectivity index (χ1v) is 14.5. The molecule has 2 aromatic heterocycles. The van der Waals surface area contributed by atoms with E-state index in [2.05, 4.69) is 86.7 Å². The predicted octanol–water partition coefficient (Wildman–Crippen LogP) is 4.41. The zero-order valence-corrected chi connectivity index (χ0v) is 24.0. The van der Waals surface area contributed by atoms with Gasteiger partial charge in [-0.3, -0.25) is 14.4 Å². The summed E-state index contributed by atoms with van der Waals surface area (Å²) < 4.78 is 10.2. The van der Waals surface area contributed by atoms with Crippen molar-refractivity contribution in [1.82, 2.24) is 29.8 Å². The normalized spacial score (nSPS) is 17.8. The van der Waals surface area contributed by atoms with E-state index < -0.39 is 5.41 Å². The number of likely N-dealkylation sites (tertiary alicyclic amines) is 1. The number of rotatable bonds is 4. The predicted molar refractivity (Wildman–Crippen MR) is 159 cm³/mol. The van der Waals surface area contributed by atoms with Gasteiger partial charge in [0.25, 0.3) is 0 Å². The minimum Gasteiger partial charge on any atom is -0.487 e. The van der Waals surface area contributed by atoms with Crippen LogP contribution in [0.25, 0.3) is 5.69 Å². The Labute approximate surface area is 241 Å². The molecular formula is C32H39N7O2. The van der Waals surface area contributed by atoms with E-state index in [1.807, 2.05) is 35.1 Å². The maximum absolute atomic E-state index is 13.8. The summed E-state index contributed by atoms with van der Waals surface area (Å²) >= 11 is 0. The quantitative estimate of drug-likeness (QED) is 0.404. The van der Waals surface area contributed by atoms with Gasteiger partial charge in [-0.15, -0.1) is 5.10 Å². The summed E-state index contributed by atoms with van der Waals surface area (Å²) in [6.07, 6.45) is 7.45. The molecule has 0 radical (unpaired) electrons. The average molecular weight is 554 g/mol. The molecule has 0 aliphatic carbocycles. The van der Waals surface area contributed by atoms with Crippen LogP contribution in [0.2, 0.25) is 0 Å². The molecule has 9 nitrogen and oxygen atoms in total. The number of piperidine rings is 1. The fraction of sp³-hybridized carbons (Fsp3) is 0.406. The van der Waals surface area contributed by atoms with Gasteiger partial charge in [0.15, 0.2) is 0 Å². The summed E-state index contributed by atoms with van der Waals surface area (Å²) in [5.41, 5.74) is 4.98. The van der Waals surface area contributed by atoms with Gasteiger partial charge < -0.3 is 19.5 Å². The fourth-order valence-electron chi connectivity index (χ4n) is 6.07. The van der Waals surface area contributed by atoms with Crippen molar-refractivity contribution in [1.29, 1.82) is 0 Å². The van der Waals surface area contributed by atoms with Crippen molar-refractivity contribution in [2.45, 2.75) is 51.9 Å². The number of benzene rings is 2. The molecule has 214 valence electrons. The standard InChI is InChI=1S/C32H39N7O2/c1-36(2)27-10-12-28(13-11-27)39-18-5-8-29(39)23-37-19-15-32(16-20-37)14-6-17-38-22-26(34-35-38)24-41-30-9-4-3-7-25(30)21-33-31(32)40/h3-5,7-13,18,22H,6,14-17,19-21,23-24H2,1-2H3,(H,33,40). The van der Waals surface area contributed by atoms with Crippen molar-refractivity contribution < 1.29 is 9.53 Å². The summed E-state index contributed by atoms with van der Waals surface area (Å²) in [5.74, 6) is 0.912. The van der Waals surface area contributed by atoms with Crippen LogP contribution in [0.1, 0.15) is 42.6 Å². The van der Waals surface area contributed by atoms with Gasteiger partial charge in [-0.05, 0) is 81.2 Å². The van der Waals surface area contributed by atoms with Crippen LogP contribution >= 0.6 is 0 Å². The second-order valence-electron chi connectivity index (χ2n) is 11.5. The van der Waals surface area contributed by atoms with Crippen LogP contribution in [0.15, 0.2) is 73.1 Å². The number of carbonyl (C=O) groups excluding carboxylic acids is 1. The third kappa shape index (κ3) is 6.00. The Bertz CT molecular complexity index is 1470. The number of hydrogen-bond donors (Lipinski definition) is 1. The van der Waals surface area contributed by atoms with Gasteiger partial charge in [0.1, 0.15) is 18.1 Å². The summed E-state index contributed by atoms with van der Waals surface area (Å²) in [6, 6.07) is 20.8. The van der Waals surface area contributed by atoms with Gasteiger partial charge in [-0.2, -0.15) is 0 Å². The number of nitrogens with zero attached hydrogens (tertiary/aromatic N) is 6. The Morgan fingerprint density at radius 3 is 2.59 bits per heavy atom. The molecule has 2 aliphatic heterocycles. The highest BCUT2D eigenvalue weighted by Crippen LogP contribution is 2.38. The smallest absolute Gasteiger partial charge is 0.226 e. The lowest BCUT2D eigenvalue weighted by atomic mass is 9.73. The van der Waals surface area contributed by atoms with E-state index in [9.17, 15) is 4.79 Å². The van der Waals surface area contributed by atoms with Gasteiger partial charge in [-0.25, -0.2) is 0 Å². The lowest BCUT2D eigenvalue weighted by Gasteiger charge is -2.41. The molecular weight excluding hydrogens is 514 g/mol. The van der Waals surface area contributed by atoms with Crippen molar-refractivity contribution in [3.05, 3.63) is 90.0 Å². The monoisotopic (exact) mass is 553 g/mol. The van der Waals surface area contributed by atoms with E-state index in [0.717, 1.165) is 74.6 Å². The summed E-state index contributed by atoms with van der Waals surface area (Å²) in [7, 11) is 4.12. The molecule has 2 bridgehead atoms. The average Bonchev–Trinajstić information content (AvgIpc) is 3.65. The first-order chi connectivity index (χ1) is 20.0. The second-order valence-corrected chi connectivity index (χ2v) is 11.5. The van der Waals surface area contributed by atoms with Crippen molar-refractivity contribution in [3.63, 3.8) is 0 Å². The molecule has 0 atom stereocenters. The Kier molecular flexibility index (Phi) is 7.78. The number of aromatic nitrogens is 4. The molecule has 0 unspecified atom stereocenters. The molecule has 4 aromatic rings. The molecule has 1 N–H and O–H groups in total. The number of nitrogens with one attached hydrogen (secondary N) is 1. The molecule has 1 amide bonds. The van der Waals surface area contributed by atoms with Crippen LogP contribution in [0.3, 0.4) is 0 Å².